The Labute approximate surface area is 131 Å². The zero-order valence-electron chi connectivity index (χ0n) is 13.3. The highest BCUT2D eigenvalue weighted by atomic mass is 19.1. The Morgan fingerprint density at radius 1 is 1.14 bits per heavy atom. The number of hydrogen-bond donors (Lipinski definition) is 1. The smallest absolute Gasteiger partial charge is 0.123 e. The molecule has 22 heavy (non-hydrogen) atoms. The van der Waals surface area contributed by atoms with E-state index in [1.165, 1.54) is 12.1 Å². The van der Waals surface area contributed by atoms with Gasteiger partial charge in [-0.1, -0.05) is 12.1 Å². The van der Waals surface area contributed by atoms with E-state index in [1.807, 2.05) is 14.1 Å². The lowest BCUT2D eigenvalue weighted by Crippen LogP contribution is -2.16. The van der Waals surface area contributed by atoms with Gasteiger partial charge in [-0.05, 0) is 54.4 Å². The summed E-state index contributed by atoms with van der Waals surface area (Å²) in [5, 5.41) is 0. The van der Waals surface area contributed by atoms with Crippen LogP contribution in [0.1, 0.15) is 17.0 Å². The maximum Gasteiger partial charge on any atom is 0.123 e. The Kier molecular flexibility index (Phi) is 5.39. The number of methoxy groups -OCH3 is 1. The summed E-state index contributed by atoms with van der Waals surface area (Å²) in [5.74, 6) is 0.575. The van der Waals surface area contributed by atoms with Gasteiger partial charge in [0.2, 0.25) is 0 Å². The second-order valence-electron chi connectivity index (χ2n) is 5.58. The number of ether oxygens (including phenoxy) is 1. The third-order valence-electron chi connectivity index (χ3n) is 3.87. The quantitative estimate of drug-likeness (QED) is 0.890. The first kappa shape index (κ1) is 16.3. The minimum Gasteiger partial charge on any atom is -0.496 e. The molecule has 2 N–H and O–H groups in total. The first-order valence-corrected chi connectivity index (χ1v) is 7.35. The standard InChI is InChI=1S/C18H23FN2O/c1-21(2)17-7-4-13(5-8-17)15(12-20)10-14-11-16(19)6-9-18(14)22-3/h4-9,11,15H,10,12,20H2,1-3H3. The van der Waals surface area contributed by atoms with E-state index in [-0.39, 0.29) is 11.7 Å². The van der Waals surface area contributed by atoms with Crippen molar-refractivity contribution in [2.45, 2.75) is 12.3 Å². The van der Waals surface area contributed by atoms with Crippen molar-refractivity contribution in [2.75, 3.05) is 32.6 Å². The molecule has 0 bridgehead atoms. The van der Waals surface area contributed by atoms with Gasteiger partial charge >= 0.3 is 0 Å². The molecule has 0 aliphatic carbocycles. The van der Waals surface area contributed by atoms with Crippen LogP contribution in [0.4, 0.5) is 10.1 Å². The van der Waals surface area contributed by atoms with Crippen molar-refractivity contribution in [1.29, 1.82) is 0 Å². The highest BCUT2D eigenvalue weighted by Gasteiger charge is 2.14. The van der Waals surface area contributed by atoms with Crippen molar-refractivity contribution < 1.29 is 9.13 Å². The Hall–Kier alpha value is -2.07. The lowest BCUT2D eigenvalue weighted by Gasteiger charge is -2.19. The van der Waals surface area contributed by atoms with Crippen LogP contribution in [0, 0.1) is 5.82 Å². The highest BCUT2D eigenvalue weighted by molar-refractivity contribution is 5.47. The maximum atomic E-state index is 13.5. The first-order chi connectivity index (χ1) is 10.5. The molecule has 118 valence electrons. The molecule has 0 aliphatic heterocycles. The molecule has 0 spiro atoms. The van der Waals surface area contributed by atoms with Gasteiger partial charge in [-0.3, -0.25) is 0 Å². The lowest BCUT2D eigenvalue weighted by molar-refractivity contribution is 0.406. The fourth-order valence-corrected chi connectivity index (χ4v) is 2.55. The molecule has 0 aliphatic rings. The van der Waals surface area contributed by atoms with Gasteiger partial charge in [0.25, 0.3) is 0 Å². The van der Waals surface area contributed by atoms with Crippen LogP contribution in [0.2, 0.25) is 0 Å². The molecule has 0 fully saturated rings. The average molecular weight is 302 g/mol. The molecule has 0 saturated heterocycles. The van der Waals surface area contributed by atoms with Crippen molar-refractivity contribution >= 4 is 5.69 Å². The molecular formula is C18H23FN2O. The van der Waals surface area contributed by atoms with Crippen LogP contribution in [0.5, 0.6) is 5.75 Å². The van der Waals surface area contributed by atoms with Gasteiger partial charge in [-0.2, -0.15) is 0 Å². The summed E-state index contributed by atoms with van der Waals surface area (Å²) in [4.78, 5) is 2.05. The van der Waals surface area contributed by atoms with Crippen molar-refractivity contribution in [3.8, 4) is 5.75 Å². The molecule has 0 amide bonds. The summed E-state index contributed by atoms with van der Waals surface area (Å²) in [6.45, 7) is 0.501. The van der Waals surface area contributed by atoms with E-state index in [2.05, 4.69) is 29.2 Å². The van der Waals surface area contributed by atoms with Gasteiger partial charge in [0.15, 0.2) is 0 Å². The fourth-order valence-electron chi connectivity index (χ4n) is 2.55. The third-order valence-corrected chi connectivity index (χ3v) is 3.87. The van der Waals surface area contributed by atoms with Crippen LogP contribution in [0.15, 0.2) is 42.5 Å². The van der Waals surface area contributed by atoms with Gasteiger partial charge in [0.1, 0.15) is 11.6 Å². The second kappa shape index (κ2) is 7.27. The summed E-state index contributed by atoms with van der Waals surface area (Å²) in [6, 6.07) is 12.9. The Morgan fingerprint density at radius 3 is 2.36 bits per heavy atom. The largest absolute Gasteiger partial charge is 0.496 e. The van der Waals surface area contributed by atoms with Gasteiger partial charge in [-0.15, -0.1) is 0 Å². The van der Waals surface area contributed by atoms with Crippen LogP contribution < -0.4 is 15.4 Å². The maximum absolute atomic E-state index is 13.5. The SMILES string of the molecule is COc1ccc(F)cc1CC(CN)c1ccc(N(C)C)cc1. The number of hydrogen-bond acceptors (Lipinski definition) is 3. The molecule has 1 atom stereocenters. The van der Waals surface area contributed by atoms with Gasteiger partial charge in [0.05, 0.1) is 7.11 Å². The number of nitrogens with two attached hydrogens (primary N) is 1. The Morgan fingerprint density at radius 2 is 1.82 bits per heavy atom. The minimum atomic E-state index is -0.255. The molecule has 0 saturated carbocycles. The summed E-state index contributed by atoms with van der Waals surface area (Å²) in [7, 11) is 5.61. The molecule has 0 radical (unpaired) electrons. The van der Waals surface area contributed by atoms with E-state index in [0.717, 1.165) is 16.8 Å². The van der Waals surface area contributed by atoms with E-state index >= 15 is 0 Å². The molecule has 2 aromatic carbocycles. The lowest BCUT2D eigenvalue weighted by atomic mass is 9.91. The van der Waals surface area contributed by atoms with Crippen molar-refractivity contribution in [1.82, 2.24) is 0 Å². The van der Waals surface area contributed by atoms with Crippen molar-refractivity contribution in [2.24, 2.45) is 5.73 Å². The van der Waals surface area contributed by atoms with Crippen LogP contribution in [-0.2, 0) is 6.42 Å². The molecule has 0 aromatic heterocycles. The summed E-state index contributed by atoms with van der Waals surface area (Å²) < 4.78 is 18.8. The average Bonchev–Trinajstić information content (AvgIpc) is 2.53. The van der Waals surface area contributed by atoms with Crippen LogP contribution in [0.25, 0.3) is 0 Å². The monoisotopic (exact) mass is 302 g/mol. The number of halogens is 1. The zero-order chi connectivity index (χ0) is 16.1. The number of benzene rings is 2. The van der Waals surface area contributed by atoms with E-state index < -0.39 is 0 Å². The Balaban J connectivity index is 2.23. The third kappa shape index (κ3) is 3.77. The van der Waals surface area contributed by atoms with Crippen LogP contribution in [-0.4, -0.2) is 27.7 Å². The van der Waals surface area contributed by atoms with E-state index in [0.29, 0.717) is 18.7 Å². The predicted molar refractivity (Wildman–Crippen MR) is 89.2 cm³/mol. The van der Waals surface area contributed by atoms with E-state index in [4.69, 9.17) is 10.5 Å². The predicted octanol–water partition coefficient (Wildman–Crippen LogP) is 3.19. The van der Waals surface area contributed by atoms with E-state index in [9.17, 15) is 4.39 Å². The molecule has 1 unspecified atom stereocenters. The molecule has 2 rings (SSSR count). The first-order valence-electron chi connectivity index (χ1n) is 7.35. The van der Waals surface area contributed by atoms with Gasteiger partial charge in [0, 0.05) is 25.7 Å². The summed E-state index contributed by atoms with van der Waals surface area (Å²) in [6.07, 6.45) is 0.652. The topological polar surface area (TPSA) is 38.5 Å². The number of nitrogens with zero attached hydrogens (tertiary/aromatic N) is 1. The molecular weight excluding hydrogens is 279 g/mol. The zero-order valence-corrected chi connectivity index (χ0v) is 13.3. The highest BCUT2D eigenvalue weighted by Crippen LogP contribution is 2.27. The minimum absolute atomic E-state index is 0.131. The Bertz CT molecular complexity index is 611. The van der Waals surface area contributed by atoms with Gasteiger partial charge < -0.3 is 15.4 Å². The number of anilines is 1. The summed E-state index contributed by atoms with van der Waals surface area (Å²) >= 11 is 0. The molecule has 3 nitrogen and oxygen atoms in total. The molecule has 0 heterocycles. The normalized spacial score (nSPS) is 12.0. The second-order valence-corrected chi connectivity index (χ2v) is 5.58. The fraction of sp³-hybridized carbons (Fsp3) is 0.333. The van der Waals surface area contributed by atoms with E-state index in [1.54, 1.807) is 13.2 Å². The van der Waals surface area contributed by atoms with Crippen molar-refractivity contribution in [3.63, 3.8) is 0 Å². The van der Waals surface area contributed by atoms with Crippen molar-refractivity contribution in [3.05, 3.63) is 59.4 Å². The summed E-state index contributed by atoms with van der Waals surface area (Å²) in [5.41, 5.74) is 9.07. The van der Waals surface area contributed by atoms with Gasteiger partial charge in [-0.25, -0.2) is 4.39 Å². The molecule has 4 heteroatoms. The molecule has 2 aromatic rings. The number of rotatable bonds is 6. The van der Waals surface area contributed by atoms with Crippen LogP contribution in [0.3, 0.4) is 0 Å². The van der Waals surface area contributed by atoms with Crippen LogP contribution >= 0.6 is 0 Å².